The Morgan fingerprint density at radius 2 is 1.75 bits per heavy atom. The third kappa shape index (κ3) is 3.04. The van der Waals surface area contributed by atoms with E-state index in [4.69, 9.17) is 0 Å². The SMILES string of the molecule is C[C@H](NCc1cccc2ccccc12)C1CCCCC1. The molecule has 106 valence electrons. The molecular weight excluding hydrogens is 242 g/mol. The minimum absolute atomic E-state index is 0.634. The van der Waals surface area contributed by atoms with Gasteiger partial charge in [-0.25, -0.2) is 0 Å². The predicted molar refractivity (Wildman–Crippen MR) is 86.8 cm³/mol. The van der Waals surface area contributed by atoms with Gasteiger partial charge in [-0.05, 0) is 42.0 Å². The highest BCUT2D eigenvalue weighted by atomic mass is 14.9. The largest absolute Gasteiger partial charge is 0.310 e. The number of hydrogen-bond acceptors (Lipinski definition) is 1. The molecule has 3 rings (SSSR count). The topological polar surface area (TPSA) is 12.0 Å². The summed E-state index contributed by atoms with van der Waals surface area (Å²) in [4.78, 5) is 0. The summed E-state index contributed by atoms with van der Waals surface area (Å²) in [7, 11) is 0. The average Bonchev–Trinajstić information content (AvgIpc) is 2.53. The van der Waals surface area contributed by atoms with E-state index in [1.54, 1.807) is 0 Å². The van der Waals surface area contributed by atoms with Crippen molar-refractivity contribution in [3.8, 4) is 0 Å². The predicted octanol–water partition coefficient (Wildman–Crippen LogP) is 4.90. The van der Waals surface area contributed by atoms with Crippen LogP contribution in [0.4, 0.5) is 0 Å². The highest BCUT2D eigenvalue weighted by Gasteiger charge is 2.19. The van der Waals surface area contributed by atoms with Crippen LogP contribution in [-0.4, -0.2) is 6.04 Å². The monoisotopic (exact) mass is 267 g/mol. The molecule has 2 aromatic carbocycles. The molecule has 0 heterocycles. The van der Waals surface area contributed by atoms with E-state index in [9.17, 15) is 0 Å². The number of nitrogens with one attached hydrogen (secondary N) is 1. The Hall–Kier alpha value is -1.34. The van der Waals surface area contributed by atoms with Gasteiger partial charge in [-0.3, -0.25) is 0 Å². The first-order valence-electron chi connectivity index (χ1n) is 8.04. The lowest BCUT2D eigenvalue weighted by molar-refractivity contribution is 0.281. The van der Waals surface area contributed by atoms with Crippen LogP contribution < -0.4 is 5.32 Å². The van der Waals surface area contributed by atoms with Gasteiger partial charge in [0.2, 0.25) is 0 Å². The second kappa shape index (κ2) is 6.41. The summed E-state index contributed by atoms with van der Waals surface area (Å²) in [5.41, 5.74) is 1.42. The second-order valence-corrected chi connectivity index (χ2v) is 6.21. The first kappa shape index (κ1) is 13.6. The van der Waals surface area contributed by atoms with Gasteiger partial charge in [0.15, 0.2) is 0 Å². The normalized spacial score (nSPS) is 18.2. The molecule has 1 nitrogen and oxygen atoms in total. The van der Waals surface area contributed by atoms with E-state index in [1.807, 2.05) is 0 Å². The lowest BCUT2D eigenvalue weighted by Gasteiger charge is -2.28. The summed E-state index contributed by atoms with van der Waals surface area (Å²) >= 11 is 0. The molecular formula is C19H25N. The summed E-state index contributed by atoms with van der Waals surface area (Å²) in [6.07, 6.45) is 7.09. The summed E-state index contributed by atoms with van der Waals surface area (Å²) < 4.78 is 0. The van der Waals surface area contributed by atoms with Gasteiger partial charge in [0.1, 0.15) is 0 Å². The first-order valence-corrected chi connectivity index (χ1v) is 8.04. The quantitative estimate of drug-likeness (QED) is 0.831. The molecule has 1 heteroatoms. The van der Waals surface area contributed by atoms with E-state index in [0.717, 1.165) is 12.5 Å². The maximum atomic E-state index is 3.76. The summed E-state index contributed by atoms with van der Waals surface area (Å²) in [5, 5.41) is 6.49. The highest BCUT2D eigenvalue weighted by molar-refractivity contribution is 5.85. The maximum absolute atomic E-state index is 3.76. The number of rotatable bonds is 4. The Morgan fingerprint density at radius 3 is 2.60 bits per heavy atom. The van der Waals surface area contributed by atoms with E-state index in [1.165, 1.54) is 48.4 Å². The Labute approximate surface area is 122 Å². The fourth-order valence-corrected chi connectivity index (χ4v) is 3.52. The van der Waals surface area contributed by atoms with Crippen LogP contribution in [0.25, 0.3) is 10.8 Å². The fourth-order valence-electron chi connectivity index (χ4n) is 3.52. The van der Waals surface area contributed by atoms with Crippen LogP contribution in [0.3, 0.4) is 0 Å². The second-order valence-electron chi connectivity index (χ2n) is 6.21. The Kier molecular flexibility index (Phi) is 4.37. The van der Waals surface area contributed by atoms with Crippen LogP contribution in [0.2, 0.25) is 0 Å². The van der Waals surface area contributed by atoms with Gasteiger partial charge < -0.3 is 5.32 Å². The van der Waals surface area contributed by atoms with Crippen LogP contribution in [0.1, 0.15) is 44.6 Å². The van der Waals surface area contributed by atoms with Gasteiger partial charge in [-0.1, -0.05) is 61.7 Å². The van der Waals surface area contributed by atoms with E-state index in [-0.39, 0.29) is 0 Å². The number of benzene rings is 2. The molecule has 0 spiro atoms. The molecule has 0 aromatic heterocycles. The lowest BCUT2D eigenvalue weighted by atomic mass is 9.84. The molecule has 1 aliphatic carbocycles. The van der Waals surface area contributed by atoms with Crippen molar-refractivity contribution in [1.29, 1.82) is 0 Å². The molecule has 0 unspecified atom stereocenters. The zero-order valence-corrected chi connectivity index (χ0v) is 12.4. The van der Waals surface area contributed by atoms with Crippen LogP contribution in [0.15, 0.2) is 42.5 Å². The first-order chi connectivity index (χ1) is 9.84. The smallest absolute Gasteiger partial charge is 0.0214 e. The number of hydrogen-bond donors (Lipinski definition) is 1. The van der Waals surface area contributed by atoms with Gasteiger partial charge in [-0.2, -0.15) is 0 Å². The van der Waals surface area contributed by atoms with Crippen molar-refractivity contribution >= 4 is 10.8 Å². The molecule has 0 radical (unpaired) electrons. The van der Waals surface area contributed by atoms with Crippen LogP contribution in [-0.2, 0) is 6.54 Å². The van der Waals surface area contributed by atoms with Gasteiger partial charge in [0.05, 0.1) is 0 Å². The van der Waals surface area contributed by atoms with Gasteiger partial charge in [0.25, 0.3) is 0 Å². The number of fused-ring (bicyclic) bond motifs is 1. The zero-order valence-electron chi connectivity index (χ0n) is 12.4. The standard InChI is InChI=1S/C19H25N/c1-15(16-8-3-2-4-9-16)20-14-18-12-7-11-17-10-5-6-13-19(17)18/h5-7,10-13,15-16,20H,2-4,8-9,14H2,1H3/t15-/m0/s1. The van der Waals surface area contributed by atoms with Crippen LogP contribution in [0, 0.1) is 5.92 Å². The van der Waals surface area contributed by atoms with Gasteiger partial charge >= 0.3 is 0 Å². The Bertz CT molecular complexity index is 549. The minimum Gasteiger partial charge on any atom is -0.310 e. The molecule has 1 N–H and O–H groups in total. The van der Waals surface area contributed by atoms with E-state index < -0.39 is 0 Å². The zero-order chi connectivity index (χ0) is 13.8. The molecule has 1 saturated carbocycles. The molecule has 2 aromatic rings. The molecule has 0 saturated heterocycles. The Balaban J connectivity index is 1.67. The average molecular weight is 267 g/mol. The van der Waals surface area contributed by atoms with Crippen LogP contribution in [0.5, 0.6) is 0 Å². The van der Waals surface area contributed by atoms with Crippen molar-refractivity contribution in [2.24, 2.45) is 5.92 Å². The van der Waals surface area contributed by atoms with E-state index >= 15 is 0 Å². The van der Waals surface area contributed by atoms with E-state index in [2.05, 4.69) is 54.7 Å². The summed E-state index contributed by atoms with van der Waals surface area (Å²) in [5.74, 6) is 0.874. The van der Waals surface area contributed by atoms with Crippen molar-refractivity contribution in [3.05, 3.63) is 48.0 Å². The molecule has 1 atom stereocenters. The summed E-state index contributed by atoms with van der Waals surface area (Å²) in [6.45, 7) is 3.35. The molecule has 1 aliphatic rings. The molecule has 0 aliphatic heterocycles. The van der Waals surface area contributed by atoms with Crippen molar-refractivity contribution in [2.45, 2.75) is 51.6 Å². The lowest BCUT2D eigenvalue weighted by Crippen LogP contribution is -2.34. The molecule has 20 heavy (non-hydrogen) atoms. The highest BCUT2D eigenvalue weighted by Crippen LogP contribution is 2.26. The third-order valence-electron chi connectivity index (χ3n) is 4.85. The fraction of sp³-hybridized carbons (Fsp3) is 0.474. The molecule has 0 amide bonds. The van der Waals surface area contributed by atoms with Crippen molar-refractivity contribution in [3.63, 3.8) is 0 Å². The molecule has 0 bridgehead atoms. The van der Waals surface area contributed by atoms with Crippen molar-refractivity contribution in [2.75, 3.05) is 0 Å². The summed E-state index contributed by atoms with van der Waals surface area (Å²) in [6, 6.07) is 15.9. The Morgan fingerprint density at radius 1 is 1.00 bits per heavy atom. The van der Waals surface area contributed by atoms with Gasteiger partial charge in [-0.15, -0.1) is 0 Å². The van der Waals surface area contributed by atoms with Gasteiger partial charge in [0, 0.05) is 12.6 Å². The van der Waals surface area contributed by atoms with Crippen molar-refractivity contribution in [1.82, 2.24) is 5.32 Å². The third-order valence-corrected chi connectivity index (χ3v) is 4.85. The molecule has 1 fully saturated rings. The maximum Gasteiger partial charge on any atom is 0.0214 e. The van der Waals surface area contributed by atoms with Crippen molar-refractivity contribution < 1.29 is 0 Å². The van der Waals surface area contributed by atoms with Crippen LogP contribution >= 0.6 is 0 Å². The minimum atomic E-state index is 0.634. The van der Waals surface area contributed by atoms with E-state index in [0.29, 0.717) is 6.04 Å².